The van der Waals surface area contributed by atoms with Crippen LogP contribution in [0.15, 0.2) is 0 Å². The van der Waals surface area contributed by atoms with Gasteiger partial charge in [-0.05, 0) is 26.8 Å². The third-order valence-corrected chi connectivity index (χ3v) is 2.72. The summed E-state index contributed by atoms with van der Waals surface area (Å²) in [4.78, 5) is 11.1. The number of carbonyl (C=O) groups is 1. The molecular formula is C10H22N2O4S. The number of rotatable bonds is 9. The molecule has 0 amide bonds. The molecule has 0 aliphatic heterocycles. The third-order valence-electron chi connectivity index (χ3n) is 1.99. The summed E-state index contributed by atoms with van der Waals surface area (Å²) in [5.74, 6) is -0.221. The third kappa shape index (κ3) is 11.6. The van der Waals surface area contributed by atoms with Gasteiger partial charge in [0.05, 0.1) is 19.3 Å². The SMILES string of the molecule is CCOC(=O)CC(C)NCCCNS(C)(=O)=O. The summed E-state index contributed by atoms with van der Waals surface area (Å²) in [6.45, 7) is 5.11. The van der Waals surface area contributed by atoms with Crippen molar-refractivity contribution in [2.24, 2.45) is 0 Å². The number of sulfonamides is 1. The Bertz CT molecular complexity index is 316. The van der Waals surface area contributed by atoms with Gasteiger partial charge < -0.3 is 10.1 Å². The maximum atomic E-state index is 11.1. The highest BCUT2D eigenvalue weighted by Crippen LogP contribution is 1.94. The van der Waals surface area contributed by atoms with Gasteiger partial charge in [0, 0.05) is 12.6 Å². The molecule has 0 aromatic heterocycles. The lowest BCUT2D eigenvalue weighted by atomic mass is 10.2. The summed E-state index contributed by atoms with van der Waals surface area (Å²) >= 11 is 0. The Hall–Kier alpha value is -0.660. The minimum atomic E-state index is -3.10. The fourth-order valence-corrected chi connectivity index (χ4v) is 1.75. The molecule has 0 aliphatic carbocycles. The fraction of sp³-hybridized carbons (Fsp3) is 0.900. The zero-order valence-electron chi connectivity index (χ0n) is 10.7. The first-order valence-electron chi connectivity index (χ1n) is 5.68. The van der Waals surface area contributed by atoms with Crippen molar-refractivity contribution < 1.29 is 17.9 Å². The highest BCUT2D eigenvalue weighted by Gasteiger charge is 2.08. The average molecular weight is 266 g/mol. The van der Waals surface area contributed by atoms with E-state index < -0.39 is 10.0 Å². The van der Waals surface area contributed by atoms with E-state index >= 15 is 0 Å². The van der Waals surface area contributed by atoms with E-state index in [1.807, 2.05) is 6.92 Å². The Morgan fingerprint density at radius 2 is 2.00 bits per heavy atom. The van der Waals surface area contributed by atoms with E-state index in [9.17, 15) is 13.2 Å². The lowest BCUT2D eigenvalue weighted by Gasteiger charge is -2.12. The van der Waals surface area contributed by atoms with Gasteiger partial charge in [-0.25, -0.2) is 13.1 Å². The van der Waals surface area contributed by atoms with Crippen LogP contribution < -0.4 is 10.0 Å². The van der Waals surface area contributed by atoms with Crippen LogP contribution in [0.25, 0.3) is 0 Å². The van der Waals surface area contributed by atoms with Gasteiger partial charge in [0.15, 0.2) is 0 Å². The minimum absolute atomic E-state index is 0.0345. The molecule has 102 valence electrons. The Kier molecular flexibility index (Phi) is 8.11. The van der Waals surface area contributed by atoms with Crippen LogP contribution in [0.3, 0.4) is 0 Å². The molecule has 0 spiro atoms. The van der Waals surface area contributed by atoms with E-state index in [1.54, 1.807) is 6.92 Å². The lowest BCUT2D eigenvalue weighted by molar-refractivity contribution is -0.143. The summed E-state index contributed by atoms with van der Waals surface area (Å²) in [5, 5.41) is 3.12. The quantitative estimate of drug-likeness (QED) is 0.448. The van der Waals surface area contributed by atoms with Gasteiger partial charge in [-0.2, -0.15) is 0 Å². The van der Waals surface area contributed by atoms with Crippen molar-refractivity contribution in [1.82, 2.24) is 10.0 Å². The molecule has 0 saturated heterocycles. The van der Waals surface area contributed by atoms with Crippen LogP contribution >= 0.6 is 0 Å². The van der Waals surface area contributed by atoms with Crippen molar-refractivity contribution in [1.29, 1.82) is 0 Å². The summed E-state index contributed by atoms with van der Waals surface area (Å²) in [5.41, 5.74) is 0. The molecule has 0 aromatic rings. The molecule has 0 saturated carbocycles. The predicted molar refractivity (Wildman–Crippen MR) is 66.2 cm³/mol. The first kappa shape index (κ1) is 16.3. The highest BCUT2D eigenvalue weighted by atomic mass is 32.2. The Morgan fingerprint density at radius 1 is 1.35 bits per heavy atom. The largest absolute Gasteiger partial charge is 0.466 e. The van der Waals surface area contributed by atoms with Gasteiger partial charge in [-0.15, -0.1) is 0 Å². The Balaban J connectivity index is 3.51. The van der Waals surface area contributed by atoms with Crippen LogP contribution in [0.1, 0.15) is 26.7 Å². The first-order valence-corrected chi connectivity index (χ1v) is 7.58. The van der Waals surface area contributed by atoms with Crippen molar-refractivity contribution in [3.05, 3.63) is 0 Å². The van der Waals surface area contributed by atoms with Gasteiger partial charge in [-0.1, -0.05) is 0 Å². The maximum Gasteiger partial charge on any atom is 0.307 e. The van der Waals surface area contributed by atoms with E-state index in [1.165, 1.54) is 0 Å². The minimum Gasteiger partial charge on any atom is -0.466 e. The second-order valence-electron chi connectivity index (χ2n) is 3.88. The molecular weight excluding hydrogens is 244 g/mol. The smallest absolute Gasteiger partial charge is 0.307 e. The van der Waals surface area contributed by atoms with Crippen LogP contribution in [0.5, 0.6) is 0 Å². The number of hydrogen-bond acceptors (Lipinski definition) is 5. The lowest BCUT2D eigenvalue weighted by Crippen LogP contribution is -2.32. The molecule has 1 unspecified atom stereocenters. The van der Waals surface area contributed by atoms with Gasteiger partial charge >= 0.3 is 5.97 Å². The maximum absolute atomic E-state index is 11.1. The molecule has 0 heterocycles. The normalized spacial score (nSPS) is 13.4. The number of nitrogens with one attached hydrogen (secondary N) is 2. The number of carbonyl (C=O) groups excluding carboxylic acids is 1. The summed E-state index contributed by atoms with van der Waals surface area (Å²) in [7, 11) is -3.10. The molecule has 0 aliphatic rings. The van der Waals surface area contributed by atoms with E-state index in [0.29, 0.717) is 32.5 Å². The molecule has 0 aromatic carbocycles. The first-order chi connectivity index (χ1) is 7.85. The zero-order chi connectivity index (χ0) is 13.3. The topological polar surface area (TPSA) is 84.5 Å². The molecule has 17 heavy (non-hydrogen) atoms. The predicted octanol–water partition coefficient (Wildman–Crippen LogP) is -0.143. The molecule has 0 bridgehead atoms. The van der Waals surface area contributed by atoms with Crippen LogP contribution in [0.2, 0.25) is 0 Å². The number of esters is 1. The standard InChI is InChI=1S/C10H22N2O4S/c1-4-16-10(13)8-9(2)11-6-5-7-12-17(3,14)15/h9,11-12H,4-8H2,1-3H3. The number of hydrogen-bond donors (Lipinski definition) is 2. The van der Waals surface area contributed by atoms with Crippen molar-refractivity contribution in [2.45, 2.75) is 32.7 Å². The van der Waals surface area contributed by atoms with E-state index in [2.05, 4.69) is 10.0 Å². The van der Waals surface area contributed by atoms with Crippen molar-refractivity contribution >= 4 is 16.0 Å². The molecule has 1 atom stereocenters. The van der Waals surface area contributed by atoms with Gasteiger partial charge in [0.1, 0.15) is 0 Å². The van der Waals surface area contributed by atoms with Crippen molar-refractivity contribution in [3.8, 4) is 0 Å². The van der Waals surface area contributed by atoms with E-state index in [4.69, 9.17) is 4.74 Å². The monoisotopic (exact) mass is 266 g/mol. The van der Waals surface area contributed by atoms with Gasteiger partial charge in [0.25, 0.3) is 0 Å². The summed E-state index contributed by atoms with van der Waals surface area (Å²) in [6.07, 6.45) is 2.14. The summed E-state index contributed by atoms with van der Waals surface area (Å²) < 4.78 is 28.7. The molecule has 6 nitrogen and oxygen atoms in total. The van der Waals surface area contributed by atoms with Crippen LogP contribution in [-0.4, -0.2) is 46.4 Å². The second-order valence-corrected chi connectivity index (χ2v) is 5.72. The Morgan fingerprint density at radius 3 is 2.53 bits per heavy atom. The molecule has 0 radical (unpaired) electrons. The number of ether oxygens (including phenoxy) is 1. The summed E-state index contributed by atoms with van der Waals surface area (Å²) in [6, 6.07) is 0.0345. The Labute approximate surface area is 103 Å². The van der Waals surface area contributed by atoms with Crippen molar-refractivity contribution in [3.63, 3.8) is 0 Å². The van der Waals surface area contributed by atoms with Gasteiger partial charge in [0.2, 0.25) is 10.0 Å². The fourth-order valence-electron chi connectivity index (χ4n) is 1.24. The molecule has 7 heteroatoms. The zero-order valence-corrected chi connectivity index (χ0v) is 11.5. The van der Waals surface area contributed by atoms with Crippen molar-refractivity contribution in [2.75, 3.05) is 26.0 Å². The van der Waals surface area contributed by atoms with Crippen LogP contribution in [0, 0.1) is 0 Å². The highest BCUT2D eigenvalue weighted by molar-refractivity contribution is 7.88. The van der Waals surface area contributed by atoms with Crippen LogP contribution in [-0.2, 0) is 19.6 Å². The van der Waals surface area contributed by atoms with E-state index in [0.717, 1.165) is 6.26 Å². The second kappa shape index (κ2) is 8.43. The van der Waals surface area contributed by atoms with E-state index in [-0.39, 0.29) is 12.0 Å². The van der Waals surface area contributed by atoms with Gasteiger partial charge in [-0.3, -0.25) is 4.79 Å². The molecule has 2 N–H and O–H groups in total. The average Bonchev–Trinajstić information content (AvgIpc) is 2.15. The molecule has 0 fully saturated rings. The molecule has 0 rings (SSSR count). The van der Waals surface area contributed by atoms with Crippen LogP contribution in [0.4, 0.5) is 0 Å².